The number of nitrogens with one attached hydrogen (secondary N) is 1. The number of rotatable bonds is 6. The van der Waals surface area contributed by atoms with Gasteiger partial charge in [0.25, 0.3) is 0 Å². The summed E-state index contributed by atoms with van der Waals surface area (Å²) in [6.07, 6.45) is 3.30. The van der Waals surface area contributed by atoms with Gasteiger partial charge in [0, 0.05) is 13.3 Å². The summed E-state index contributed by atoms with van der Waals surface area (Å²) in [6.45, 7) is 1.46. The zero-order valence-electron chi connectivity index (χ0n) is 14.3. The lowest BCUT2D eigenvalue weighted by Crippen LogP contribution is -2.44. The predicted molar refractivity (Wildman–Crippen MR) is 94.5 cm³/mol. The van der Waals surface area contributed by atoms with Gasteiger partial charge in [-0.2, -0.15) is 4.98 Å². The van der Waals surface area contributed by atoms with Crippen molar-refractivity contribution in [1.29, 1.82) is 0 Å². The van der Waals surface area contributed by atoms with E-state index in [0.717, 1.165) is 30.6 Å². The van der Waals surface area contributed by atoms with E-state index in [1.54, 1.807) is 7.11 Å². The number of nitrogens with zero attached hydrogens (tertiary/aromatic N) is 2. The molecule has 0 spiro atoms. The van der Waals surface area contributed by atoms with Gasteiger partial charge in [-0.05, 0) is 37.0 Å². The van der Waals surface area contributed by atoms with E-state index < -0.39 is 11.6 Å². The molecular weight excluding hydrogens is 344 g/mol. The number of amides is 1. The molecule has 1 atom stereocenters. The average molecular weight is 367 g/mol. The molecule has 1 heterocycles. The molecule has 1 amide bonds. The van der Waals surface area contributed by atoms with Crippen molar-refractivity contribution < 1.29 is 14.1 Å². The topological polar surface area (TPSA) is 103 Å². The van der Waals surface area contributed by atoms with E-state index in [1.165, 1.54) is 6.92 Å². The summed E-state index contributed by atoms with van der Waals surface area (Å²) in [5, 5.41) is 6.89. The number of halogens is 1. The largest absolute Gasteiger partial charge is 0.497 e. The van der Waals surface area contributed by atoms with Crippen LogP contribution in [0.3, 0.4) is 0 Å². The Kier molecular flexibility index (Phi) is 6.02. The number of aromatic nitrogens is 2. The Morgan fingerprint density at radius 2 is 2.24 bits per heavy atom. The summed E-state index contributed by atoms with van der Waals surface area (Å²) < 4.78 is 10.6. The smallest absolute Gasteiger partial charge is 0.249 e. The van der Waals surface area contributed by atoms with Gasteiger partial charge in [-0.15, -0.1) is 12.4 Å². The fourth-order valence-electron chi connectivity index (χ4n) is 2.84. The van der Waals surface area contributed by atoms with Crippen LogP contribution in [0.1, 0.15) is 49.5 Å². The molecule has 3 N–H and O–H groups in total. The summed E-state index contributed by atoms with van der Waals surface area (Å²) in [4.78, 5) is 16.0. The minimum absolute atomic E-state index is 0. The molecule has 0 radical (unpaired) electrons. The zero-order chi connectivity index (χ0) is 17.2. The van der Waals surface area contributed by atoms with E-state index in [1.807, 2.05) is 24.3 Å². The third-order valence-corrected chi connectivity index (χ3v) is 4.38. The minimum Gasteiger partial charge on any atom is -0.497 e. The molecule has 8 heteroatoms. The van der Waals surface area contributed by atoms with Crippen LogP contribution in [0.4, 0.5) is 0 Å². The number of ether oxygens (including phenoxy) is 1. The molecule has 25 heavy (non-hydrogen) atoms. The van der Waals surface area contributed by atoms with Crippen LogP contribution in [0.25, 0.3) is 0 Å². The highest BCUT2D eigenvalue weighted by atomic mass is 35.5. The van der Waals surface area contributed by atoms with Gasteiger partial charge < -0.3 is 20.3 Å². The van der Waals surface area contributed by atoms with Crippen LogP contribution in [0.5, 0.6) is 5.75 Å². The van der Waals surface area contributed by atoms with Gasteiger partial charge >= 0.3 is 0 Å². The summed E-state index contributed by atoms with van der Waals surface area (Å²) in [5.74, 6) is 1.49. The maximum absolute atomic E-state index is 11.6. The van der Waals surface area contributed by atoms with Crippen molar-refractivity contribution in [2.75, 3.05) is 7.11 Å². The molecule has 1 fully saturated rings. The summed E-state index contributed by atoms with van der Waals surface area (Å²) in [5.41, 5.74) is 6.75. The van der Waals surface area contributed by atoms with E-state index in [4.69, 9.17) is 15.0 Å². The van der Waals surface area contributed by atoms with Crippen molar-refractivity contribution in [2.24, 2.45) is 5.73 Å². The van der Waals surface area contributed by atoms with Crippen LogP contribution < -0.4 is 15.8 Å². The first-order valence-corrected chi connectivity index (χ1v) is 8.03. The van der Waals surface area contributed by atoms with Crippen LogP contribution in [-0.2, 0) is 16.8 Å². The first-order chi connectivity index (χ1) is 11.5. The lowest BCUT2D eigenvalue weighted by molar-refractivity contribution is -0.119. The van der Waals surface area contributed by atoms with Crippen molar-refractivity contribution >= 4 is 18.3 Å². The molecule has 7 nitrogen and oxygen atoms in total. The lowest BCUT2D eigenvalue weighted by Gasteiger charge is -2.34. The minimum atomic E-state index is -0.488. The van der Waals surface area contributed by atoms with Crippen molar-refractivity contribution in [2.45, 2.75) is 44.2 Å². The Morgan fingerprint density at radius 3 is 2.84 bits per heavy atom. The number of hydrogen-bond donors (Lipinski definition) is 2. The number of carbonyl (C=O) groups excluding carboxylic acids is 1. The molecule has 3 rings (SSSR count). The number of nitrogens with two attached hydrogens (primary N) is 1. The first kappa shape index (κ1) is 19.2. The second-order valence-corrected chi connectivity index (χ2v) is 6.27. The third-order valence-electron chi connectivity index (χ3n) is 4.38. The highest BCUT2D eigenvalue weighted by Gasteiger charge is 2.39. The first-order valence-electron chi connectivity index (χ1n) is 8.03. The molecule has 0 bridgehead atoms. The second-order valence-electron chi connectivity index (χ2n) is 6.27. The number of hydrogen-bond acceptors (Lipinski definition) is 6. The fraction of sp³-hybridized carbons (Fsp3) is 0.471. The number of benzene rings is 1. The Labute approximate surface area is 152 Å². The van der Waals surface area contributed by atoms with Crippen LogP contribution >= 0.6 is 12.4 Å². The number of carbonyl (C=O) groups is 1. The molecule has 2 aromatic rings. The van der Waals surface area contributed by atoms with E-state index >= 15 is 0 Å². The van der Waals surface area contributed by atoms with Crippen LogP contribution in [-0.4, -0.2) is 23.2 Å². The Bertz CT molecular complexity index is 730. The molecule has 1 aliphatic rings. The molecule has 136 valence electrons. The molecular formula is C17H23ClN4O3. The Hall–Kier alpha value is -2.12. The summed E-state index contributed by atoms with van der Waals surface area (Å²) in [6, 6.07) is 7.25. The third kappa shape index (κ3) is 4.29. The highest BCUT2D eigenvalue weighted by molar-refractivity contribution is 5.85. The maximum Gasteiger partial charge on any atom is 0.249 e. The molecule has 0 aliphatic heterocycles. The molecule has 1 unspecified atom stereocenters. The Morgan fingerprint density at radius 1 is 1.48 bits per heavy atom. The van der Waals surface area contributed by atoms with E-state index in [-0.39, 0.29) is 18.3 Å². The highest BCUT2D eigenvalue weighted by Crippen LogP contribution is 2.37. The standard InChI is InChI=1S/C17H22N4O3.ClH/c1-11(22)19-14(10-12-5-3-6-13(9-12)23-2)15-20-16(21-24-15)17(18)7-4-8-17;/h3,5-6,9,14H,4,7-8,10,18H2,1-2H3,(H,19,22);1H. The van der Waals surface area contributed by atoms with Crippen molar-refractivity contribution in [3.05, 3.63) is 41.5 Å². The van der Waals surface area contributed by atoms with Gasteiger partial charge in [-0.3, -0.25) is 4.79 Å². The van der Waals surface area contributed by atoms with Crippen LogP contribution in [0, 0.1) is 0 Å². The van der Waals surface area contributed by atoms with Gasteiger partial charge in [0.15, 0.2) is 5.82 Å². The molecule has 1 aromatic heterocycles. The van der Waals surface area contributed by atoms with Crippen LogP contribution in [0.15, 0.2) is 28.8 Å². The number of methoxy groups -OCH3 is 1. The van der Waals surface area contributed by atoms with Gasteiger partial charge in [-0.25, -0.2) is 0 Å². The molecule has 1 aromatic carbocycles. The summed E-state index contributed by atoms with van der Waals surface area (Å²) in [7, 11) is 1.62. The van der Waals surface area contributed by atoms with Crippen molar-refractivity contribution in [1.82, 2.24) is 15.5 Å². The maximum atomic E-state index is 11.6. The van der Waals surface area contributed by atoms with Crippen LogP contribution in [0.2, 0.25) is 0 Å². The van der Waals surface area contributed by atoms with Gasteiger partial charge in [0.2, 0.25) is 11.8 Å². The Balaban J connectivity index is 0.00000225. The lowest BCUT2D eigenvalue weighted by atomic mass is 9.77. The van der Waals surface area contributed by atoms with Crippen molar-refractivity contribution in [3.63, 3.8) is 0 Å². The normalized spacial score (nSPS) is 16.3. The predicted octanol–water partition coefficient (Wildman–Crippen LogP) is 2.26. The van der Waals surface area contributed by atoms with E-state index in [0.29, 0.717) is 18.1 Å². The van der Waals surface area contributed by atoms with Gasteiger partial charge in [-0.1, -0.05) is 17.3 Å². The SMILES string of the molecule is COc1cccc(CC(NC(C)=O)c2nc(C3(N)CCC3)no2)c1.Cl. The quantitative estimate of drug-likeness (QED) is 0.812. The molecule has 1 saturated carbocycles. The monoisotopic (exact) mass is 366 g/mol. The van der Waals surface area contributed by atoms with Crippen molar-refractivity contribution in [3.8, 4) is 5.75 Å². The van der Waals surface area contributed by atoms with E-state index in [9.17, 15) is 4.79 Å². The molecule has 1 aliphatic carbocycles. The molecule has 0 saturated heterocycles. The average Bonchev–Trinajstić information content (AvgIpc) is 3.02. The van der Waals surface area contributed by atoms with Gasteiger partial charge in [0.05, 0.1) is 12.6 Å². The fourth-order valence-corrected chi connectivity index (χ4v) is 2.84. The summed E-state index contributed by atoms with van der Waals surface area (Å²) >= 11 is 0. The second kappa shape index (κ2) is 7.84. The zero-order valence-corrected chi connectivity index (χ0v) is 15.1. The van der Waals surface area contributed by atoms with Gasteiger partial charge in [0.1, 0.15) is 11.8 Å². The van der Waals surface area contributed by atoms with E-state index in [2.05, 4.69) is 15.5 Å².